The van der Waals surface area contributed by atoms with Crippen LogP contribution in [-0.4, -0.2) is 49.0 Å². The SMILES string of the molecule is CC(C)(C)OC(=O)N1CCCn2c(nnc2C(=O)O)C1. The molecule has 2 heterocycles. The van der Waals surface area contributed by atoms with E-state index in [1.54, 1.807) is 20.8 Å². The second kappa shape index (κ2) is 5.10. The highest BCUT2D eigenvalue weighted by Gasteiger charge is 2.27. The largest absolute Gasteiger partial charge is 0.475 e. The molecule has 0 spiro atoms. The van der Waals surface area contributed by atoms with Crippen molar-refractivity contribution in [2.24, 2.45) is 0 Å². The molecule has 0 aromatic carbocycles. The summed E-state index contributed by atoms with van der Waals surface area (Å²) in [5, 5.41) is 16.5. The molecule has 1 N–H and O–H groups in total. The van der Waals surface area contributed by atoms with Gasteiger partial charge in [0, 0.05) is 13.1 Å². The lowest BCUT2D eigenvalue weighted by atomic mass is 10.2. The van der Waals surface area contributed by atoms with E-state index in [-0.39, 0.29) is 12.4 Å². The molecule has 0 fully saturated rings. The third-order valence-electron chi connectivity index (χ3n) is 2.81. The summed E-state index contributed by atoms with van der Waals surface area (Å²) < 4.78 is 6.85. The maximum Gasteiger partial charge on any atom is 0.410 e. The van der Waals surface area contributed by atoms with Gasteiger partial charge < -0.3 is 19.3 Å². The number of nitrogens with zero attached hydrogens (tertiary/aromatic N) is 4. The van der Waals surface area contributed by atoms with Gasteiger partial charge >= 0.3 is 12.1 Å². The molecule has 8 heteroatoms. The second-order valence-corrected chi connectivity index (χ2v) is 5.65. The van der Waals surface area contributed by atoms with Gasteiger partial charge in [0.05, 0.1) is 6.54 Å². The van der Waals surface area contributed by atoms with E-state index in [4.69, 9.17) is 9.84 Å². The van der Waals surface area contributed by atoms with E-state index in [1.165, 1.54) is 9.47 Å². The van der Waals surface area contributed by atoms with E-state index in [1.807, 2.05) is 0 Å². The van der Waals surface area contributed by atoms with Crippen molar-refractivity contribution in [3.05, 3.63) is 11.6 Å². The summed E-state index contributed by atoms with van der Waals surface area (Å²) in [5.74, 6) is -0.744. The van der Waals surface area contributed by atoms with Gasteiger partial charge in [-0.25, -0.2) is 9.59 Å². The third kappa shape index (κ3) is 3.06. The molecule has 0 radical (unpaired) electrons. The average molecular weight is 282 g/mol. The summed E-state index contributed by atoms with van der Waals surface area (Å²) in [7, 11) is 0. The zero-order valence-electron chi connectivity index (χ0n) is 11.8. The number of carbonyl (C=O) groups excluding carboxylic acids is 1. The number of fused-ring (bicyclic) bond motifs is 1. The zero-order valence-corrected chi connectivity index (χ0v) is 11.8. The molecule has 2 rings (SSSR count). The van der Waals surface area contributed by atoms with Crippen LogP contribution in [0.5, 0.6) is 0 Å². The van der Waals surface area contributed by atoms with Crippen LogP contribution >= 0.6 is 0 Å². The van der Waals surface area contributed by atoms with Crippen molar-refractivity contribution in [2.45, 2.75) is 45.9 Å². The van der Waals surface area contributed by atoms with Gasteiger partial charge in [0.25, 0.3) is 0 Å². The monoisotopic (exact) mass is 282 g/mol. The first-order chi connectivity index (χ1) is 9.28. The predicted octanol–water partition coefficient (Wildman–Crippen LogP) is 1.12. The van der Waals surface area contributed by atoms with Gasteiger partial charge in [-0.05, 0) is 27.2 Å². The van der Waals surface area contributed by atoms with Gasteiger partial charge in [0.1, 0.15) is 5.60 Å². The Labute approximate surface area is 116 Å². The molecule has 0 bridgehead atoms. The van der Waals surface area contributed by atoms with Gasteiger partial charge in [-0.15, -0.1) is 10.2 Å². The summed E-state index contributed by atoms with van der Waals surface area (Å²) >= 11 is 0. The normalized spacial score (nSPS) is 15.4. The molecule has 1 aromatic heterocycles. The smallest absolute Gasteiger partial charge is 0.410 e. The molecule has 1 aliphatic heterocycles. The number of carboxylic acid groups (broad SMARTS) is 1. The zero-order chi connectivity index (χ0) is 14.9. The molecule has 110 valence electrons. The maximum atomic E-state index is 12.0. The fourth-order valence-corrected chi connectivity index (χ4v) is 2.00. The summed E-state index contributed by atoms with van der Waals surface area (Å²) in [6, 6.07) is 0. The fraction of sp³-hybridized carbons (Fsp3) is 0.667. The van der Waals surface area contributed by atoms with E-state index in [0.29, 0.717) is 25.3 Å². The van der Waals surface area contributed by atoms with Gasteiger partial charge in [-0.3, -0.25) is 0 Å². The first kappa shape index (κ1) is 14.3. The predicted molar refractivity (Wildman–Crippen MR) is 68.2 cm³/mol. The quantitative estimate of drug-likeness (QED) is 0.828. The first-order valence-electron chi connectivity index (χ1n) is 6.41. The molecule has 0 saturated heterocycles. The summed E-state index contributed by atoms with van der Waals surface area (Å²) in [6.07, 6.45) is 0.204. The van der Waals surface area contributed by atoms with E-state index in [2.05, 4.69) is 10.2 Å². The van der Waals surface area contributed by atoms with Crippen LogP contribution in [0.25, 0.3) is 0 Å². The highest BCUT2D eigenvalue weighted by atomic mass is 16.6. The number of rotatable bonds is 1. The Morgan fingerprint density at radius 3 is 2.55 bits per heavy atom. The number of aromatic carboxylic acids is 1. The minimum atomic E-state index is -1.12. The number of aromatic nitrogens is 3. The van der Waals surface area contributed by atoms with Crippen molar-refractivity contribution in [3.63, 3.8) is 0 Å². The average Bonchev–Trinajstić information content (AvgIpc) is 2.57. The molecule has 1 aromatic rings. The number of hydrogen-bond acceptors (Lipinski definition) is 5. The van der Waals surface area contributed by atoms with E-state index < -0.39 is 17.7 Å². The van der Waals surface area contributed by atoms with Crippen LogP contribution in [0.3, 0.4) is 0 Å². The van der Waals surface area contributed by atoms with Crippen LogP contribution < -0.4 is 0 Å². The topological polar surface area (TPSA) is 97.5 Å². The Morgan fingerprint density at radius 1 is 1.25 bits per heavy atom. The van der Waals surface area contributed by atoms with E-state index >= 15 is 0 Å². The Morgan fingerprint density at radius 2 is 1.95 bits per heavy atom. The Hall–Kier alpha value is -2.12. The minimum Gasteiger partial charge on any atom is -0.475 e. The standard InChI is InChI=1S/C12H18N4O4/c1-12(2,3)20-11(19)15-5-4-6-16-8(7-15)13-14-9(16)10(17)18/h4-7H2,1-3H3,(H,17,18). The van der Waals surface area contributed by atoms with Crippen LogP contribution in [-0.2, 0) is 17.8 Å². The molecule has 0 atom stereocenters. The first-order valence-corrected chi connectivity index (χ1v) is 6.41. The Bertz CT molecular complexity index is 532. The summed E-state index contributed by atoms with van der Waals surface area (Å²) in [6.45, 7) is 6.57. The van der Waals surface area contributed by atoms with E-state index in [9.17, 15) is 9.59 Å². The number of amides is 1. The van der Waals surface area contributed by atoms with E-state index in [0.717, 1.165) is 0 Å². The molecular weight excluding hydrogens is 264 g/mol. The van der Waals surface area contributed by atoms with Crippen molar-refractivity contribution in [2.75, 3.05) is 6.54 Å². The van der Waals surface area contributed by atoms with Gasteiger partial charge in [-0.1, -0.05) is 0 Å². The lowest BCUT2D eigenvalue weighted by Gasteiger charge is -2.25. The number of carbonyl (C=O) groups is 2. The molecule has 8 nitrogen and oxygen atoms in total. The van der Waals surface area contributed by atoms with Crippen LogP contribution in [0, 0.1) is 0 Å². The summed E-state index contributed by atoms with van der Waals surface area (Å²) in [5.41, 5.74) is -0.566. The molecule has 0 unspecified atom stereocenters. The van der Waals surface area contributed by atoms with Crippen molar-refractivity contribution in [1.29, 1.82) is 0 Å². The molecule has 20 heavy (non-hydrogen) atoms. The lowest BCUT2D eigenvalue weighted by Crippen LogP contribution is -2.36. The lowest BCUT2D eigenvalue weighted by molar-refractivity contribution is 0.0234. The fourth-order valence-electron chi connectivity index (χ4n) is 2.00. The van der Waals surface area contributed by atoms with Gasteiger partial charge in [0.2, 0.25) is 5.82 Å². The van der Waals surface area contributed by atoms with Crippen LogP contribution in [0.4, 0.5) is 4.79 Å². The Kier molecular flexibility index (Phi) is 3.65. The molecule has 0 saturated carbocycles. The van der Waals surface area contributed by atoms with Crippen molar-refractivity contribution in [3.8, 4) is 0 Å². The number of carboxylic acids is 1. The Balaban J connectivity index is 2.17. The minimum absolute atomic E-state index is 0.0916. The third-order valence-corrected chi connectivity index (χ3v) is 2.81. The summed E-state index contributed by atoms with van der Waals surface area (Å²) in [4.78, 5) is 24.6. The van der Waals surface area contributed by atoms with Crippen molar-refractivity contribution in [1.82, 2.24) is 19.7 Å². The number of ether oxygens (including phenoxy) is 1. The molecule has 1 aliphatic rings. The van der Waals surface area contributed by atoms with Gasteiger partial charge in [-0.2, -0.15) is 0 Å². The highest BCUT2D eigenvalue weighted by Crippen LogP contribution is 2.16. The molecule has 0 aliphatic carbocycles. The highest BCUT2D eigenvalue weighted by molar-refractivity contribution is 5.83. The van der Waals surface area contributed by atoms with Crippen LogP contribution in [0.1, 0.15) is 43.6 Å². The molecule has 1 amide bonds. The van der Waals surface area contributed by atoms with Crippen LogP contribution in [0.2, 0.25) is 0 Å². The van der Waals surface area contributed by atoms with Crippen molar-refractivity contribution < 1.29 is 19.4 Å². The van der Waals surface area contributed by atoms with Crippen LogP contribution in [0.15, 0.2) is 0 Å². The second-order valence-electron chi connectivity index (χ2n) is 5.65. The number of hydrogen-bond donors (Lipinski definition) is 1. The van der Waals surface area contributed by atoms with Gasteiger partial charge in [0.15, 0.2) is 5.82 Å². The van der Waals surface area contributed by atoms with Crippen molar-refractivity contribution >= 4 is 12.1 Å². The maximum absolute atomic E-state index is 12.0. The molecular formula is C12H18N4O4.